The van der Waals surface area contributed by atoms with Crippen molar-refractivity contribution in [1.82, 2.24) is 0 Å². The number of benzene rings is 3. The van der Waals surface area contributed by atoms with E-state index in [9.17, 15) is 19.2 Å². The van der Waals surface area contributed by atoms with Crippen LogP contribution in [0.5, 0.6) is 11.5 Å². The quantitative estimate of drug-likeness (QED) is 0.0459. The second-order valence-corrected chi connectivity index (χ2v) is 13.3. The predicted molar refractivity (Wildman–Crippen MR) is 204 cm³/mol. The summed E-state index contributed by atoms with van der Waals surface area (Å²) in [7, 11) is 0. The predicted octanol–water partition coefficient (Wildman–Crippen LogP) is 11.5. The molecule has 0 aliphatic carbocycles. The van der Waals surface area contributed by atoms with Crippen LogP contribution in [0.1, 0.15) is 171 Å². The Morgan fingerprint density at radius 1 is 0.346 bits per heavy atom. The third kappa shape index (κ3) is 16.7. The summed E-state index contributed by atoms with van der Waals surface area (Å²) in [6.45, 7) is 5.22. The van der Waals surface area contributed by atoms with Crippen molar-refractivity contribution in [2.75, 3.05) is 13.2 Å². The third-order valence-corrected chi connectivity index (χ3v) is 8.92. The van der Waals surface area contributed by atoms with Crippen molar-refractivity contribution in [3.8, 4) is 11.5 Å². The van der Waals surface area contributed by atoms with Gasteiger partial charge in [0.25, 0.3) is 0 Å². The molecule has 0 aliphatic heterocycles. The molecule has 8 nitrogen and oxygen atoms in total. The zero-order valence-electron chi connectivity index (χ0n) is 31.3. The van der Waals surface area contributed by atoms with Gasteiger partial charge in [-0.15, -0.1) is 0 Å². The second kappa shape index (κ2) is 25.5. The molecule has 3 rings (SSSR count). The van der Waals surface area contributed by atoms with Crippen LogP contribution >= 0.6 is 0 Å². The van der Waals surface area contributed by atoms with Gasteiger partial charge in [-0.3, -0.25) is 0 Å². The van der Waals surface area contributed by atoms with Crippen LogP contribution < -0.4 is 9.47 Å². The average Bonchev–Trinajstić information content (AvgIpc) is 3.16. The molecule has 0 heterocycles. The Hall–Kier alpha value is -4.46. The summed E-state index contributed by atoms with van der Waals surface area (Å²) in [6, 6.07) is 18.3. The Balaban J connectivity index is 1.33. The largest absolute Gasteiger partial charge is 0.462 e. The summed E-state index contributed by atoms with van der Waals surface area (Å²) in [4.78, 5) is 50.2. The van der Waals surface area contributed by atoms with E-state index in [2.05, 4.69) is 13.8 Å². The van der Waals surface area contributed by atoms with E-state index >= 15 is 0 Å². The van der Waals surface area contributed by atoms with Crippen molar-refractivity contribution in [3.63, 3.8) is 0 Å². The van der Waals surface area contributed by atoms with Crippen LogP contribution in [0.2, 0.25) is 0 Å². The van der Waals surface area contributed by atoms with Crippen molar-refractivity contribution >= 4 is 23.9 Å². The Morgan fingerprint density at radius 3 is 0.904 bits per heavy atom. The Bertz CT molecular complexity index is 1350. The second-order valence-electron chi connectivity index (χ2n) is 13.3. The number of hydrogen-bond donors (Lipinski definition) is 0. The van der Waals surface area contributed by atoms with Crippen molar-refractivity contribution in [3.05, 3.63) is 95.1 Å². The molecule has 3 aromatic rings. The lowest BCUT2D eigenvalue weighted by atomic mass is 10.1. The smallest absolute Gasteiger partial charge is 0.343 e. The molecule has 0 aromatic heterocycles. The molecule has 0 atom stereocenters. The van der Waals surface area contributed by atoms with Crippen LogP contribution in [-0.4, -0.2) is 37.1 Å². The van der Waals surface area contributed by atoms with Gasteiger partial charge in [0.15, 0.2) is 0 Å². The van der Waals surface area contributed by atoms with E-state index in [1.54, 1.807) is 48.5 Å². The molecule has 0 bridgehead atoms. The van der Waals surface area contributed by atoms with Gasteiger partial charge < -0.3 is 18.9 Å². The number of hydrogen-bond acceptors (Lipinski definition) is 8. The average molecular weight is 715 g/mol. The van der Waals surface area contributed by atoms with Gasteiger partial charge in [0.1, 0.15) is 11.5 Å². The monoisotopic (exact) mass is 714 g/mol. The van der Waals surface area contributed by atoms with E-state index in [1.165, 1.54) is 101 Å². The molecule has 0 radical (unpaired) electrons. The molecule has 0 N–H and O–H groups in total. The van der Waals surface area contributed by atoms with Crippen molar-refractivity contribution in [2.45, 2.75) is 129 Å². The minimum absolute atomic E-state index is 0.242. The lowest BCUT2D eigenvalue weighted by Gasteiger charge is -2.08. The number of unbranched alkanes of at least 4 members (excludes halogenated alkanes) is 16. The highest BCUT2D eigenvalue weighted by atomic mass is 16.5. The van der Waals surface area contributed by atoms with Gasteiger partial charge in [-0.2, -0.15) is 0 Å². The molecule has 0 aliphatic rings. The van der Waals surface area contributed by atoms with E-state index in [0.717, 1.165) is 38.5 Å². The lowest BCUT2D eigenvalue weighted by molar-refractivity contribution is 0.0488. The maximum atomic E-state index is 12.7. The SMILES string of the molecule is CCCCCCCCCCCOC(=O)c1ccc(OC(=O)c2ccc(C(=O)Oc3ccc(C(=O)OCCCCCCCCCCC)cc3)cc2)cc1. The first kappa shape index (κ1) is 42.0. The Labute approximate surface area is 310 Å². The van der Waals surface area contributed by atoms with E-state index in [-0.39, 0.29) is 22.6 Å². The van der Waals surface area contributed by atoms with Gasteiger partial charge >= 0.3 is 23.9 Å². The minimum Gasteiger partial charge on any atom is -0.462 e. The zero-order chi connectivity index (χ0) is 37.2. The molecular weight excluding hydrogens is 656 g/mol. The zero-order valence-corrected chi connectivity index (χ0v) is 31.3. The number of rotatable bonds is 26. The highest BCUT2D eigenvalue weighted by Crippen LogP contribution is 2.19. The van der Waals surface area contributed by atoms with Crippen LogP contribution in [0, 0.1) is 0 Å². The fourth-order valence-corrected chi connectivity index (χ4v) is 5.71. The molecule has 0 saturated carbocycles. The topological polar surface area (TPSA) is 105 Å². The molecule has 0 spiro atoms. The summed E-state index contributed by atoms with van der Waals surface area (Å²) >= 11 is 0. The van der Waals surface area contributed by atoms with Crippen molar-refractivity contribution in [2.24, 2.45) is 0 Å². The molecule has 52 heavy (non-hydrogen) atoms. The summed E-state index contributed by atoms with van der Waals surface area (Å²) in [5.74, 6) is -1.47. The maximum absolute atomic E-state index is 12.7. The van der Waals surface area contributed by atoms with Crippen molar-refractivity contribution in [1.29, 1.82) is 0 Å². The summed E-state index contributed by atoms with van der Waals surface area (Å²) in [5.41, 5.74) is 1.26. The molecule has 8 heteroatoms. The lowest BCUT2D eigenvalue weighted by Crippen LogP contribution is -2.12. The van der Waals surface area contributed by atoms with Gasteiger partial charge in [0.2, 0.25) is 0 Å². The molecule has 282 valence electrons. The number of carbonyl (C=O) groups is 4. The van der Waals surface area contributed by atoms with Gasteiger partial charge in [-0.05, 0) is 85.6 Å². The van der Waals surface area contributed by atoms with E-state index in [0.29, 0.717) is 24.3 Å². The van der Waals surface area contributed by atoms with Crippen LogP contribution in [0.25, 0.3) is 0 Å². The van der Waals surface area contributed by atoms with Gasteiger partial charge in [0.05, 0.1) is 35.5 Å². The Kier molecular flexibility index (Phi) is 20.6. The highest BCUT2D eigenvalue weighted by molar-refractivity contribution is 5.95. The molecular formula is C44H58O8. The summed E-state index contributed by atoms with van der Waals surface area (Å²) in [6.07, 6.45) is 21.5. The molecule has 0 fully saturated rings. The van der Waals surface area contributed by atoms with Crippen LogP contribution in [-0.2, 0) is 9.47 Å². The fraction of sp³-hybridized carbons (Fsp3) is 0.500. The van der Waals surface area contributed by atoms with E-state index in [4.69, 9.17) is 18.9 Å². The van der Waals surface area contributed by atoms with E-state index in [1.807, 2.05) is 0 Å². The third-order valence-electron chi connectivity index (χ3n) is 8.92. The number of esters is 4. The summed E-state index contributed by atoms with van der Waals surface area (Å²) in [5, 5.41) is 0. The number of carbonyl (C=O) groups excluding carboxylic acids is 4. The van der Waals surface area contributed by atoms with Gasteiger partial charge in [-0.25, -0.2) is 19.2 Å². The van der Waals surface area contributed by atoms with Gasteiger partial charge in [0, 0.05) is 0 Å². The molecule has 3 aromatic carbocycles. The standard InChI is InChI=1S/C44H58O8/c1-3-5-7-9-11-13-15-17-19-33-49-41(45)35-25-29-39(30-26-35)51-43(47)37-21-23-38(24-22-37)44(48)52-40-31-27-36(28-32-40)42(46)50-34-20-18-16-14-12-10-8-6-4-2/h21-32H,3-20,33-34H2,1-2H3. The first-order chi connectivity index (χ1) is 25.4. The molecule has 0 amide bonds. The number of ether oxygens (including phenoxy) is 4. The first-order valence-corrected chi connectivity index (χ1v) is 19.5. The highest BCUT2D eigenvalue weighted by Gasteiger charge is 2.15. The first-order valence-electron chi connectivity index (χ1n) is 19.5. The van der Waals surface area contributed by atoms with Crippen LogP contribution in [0.4, 0.5) is 0 Å². The molecule has 0 saturated heterocycles. The molecule has 0 unspecified atom stereocenters. The van der Waals surface area contributed by atoms with Crippen LogP contribution in [0.15, 0.2) is 72.8 Å². The summed E-state index contributed by atoms with van der Waals surface area (Å²) < 4.78 is 21.7. The van der Waals surface area contributed by atoms with E-state index < -0.39 is 23.9 Å². The van der Waals surface area contributed by atoms with Gasteiger partial charge in [-0.1, -0.05) is 117 Å². The maximum Gasteiger partial charge on any atom is 0.343 e. The minimum atomic E-state index is -0.610. The Morgan fingerprint density at radius 2 is 0.596 bits per heavy atom. The normalized spacial score (nSPS) is 10.8. The van der Waals surface area contributed by atoms with Crippen LogP contribution in [0.3, 0.4) is 0 Å². The fourth-order valence-electron chi connectivity index (χ4n) is 5.71. The van der Waals surface area contributed by atoms with Crippen molar-refractivity contribution < 1.29 is 38.1 Å².